The summed E-state index contributed by atoms with van der Waals surface area (Å²) in [5.41, 5.74) is 1.87. The number of aromatic nitrogens is 5. The second-order valence-electron chi connectivity index (χ2n) is 6.84. The number of hydrogen-bond donors (Lipinski definition) is 3. The zero-order valence-corrected chi connectivity index (χ0v) is 16.7. The van der Waals surface area contributed by atoms with Crippen LogP contribution in [0.1, 0.15) is 16.9 Å². The fraction of sp³-hybridized carbons (Fsp3) is 0.200. The van der Waals surface area contributed by atoms with E-state index in [1.165, 1.54) is 18.6 Å². The number of anilines is 2. The first-order valence-electron chi connectivity index (χ1n) is 9.52. The van der Waals surface area contributed by atoms with E-state index < -0.39 is 0 Å². The van der Waals surface area contributed by atoms with E-state index in [1.807, 2.05) is 17.5 Å². The van der Waals surface area contributed by atoms with Gasteiger partial charge in [-0.2, -0.15) is 0 Å². The molecule has 1 amide bonds. The molecule has 0 radical (unpaired) electrons. The Labute approximate surface area is 176 Å². The SMILES string of the molecule is O=C(Nc1cc(-c2nc(NC3CCNC3)c3sccc3n2)ccn1)c1cnccn1. The highest BCUT2D eigenvalue weighted by atomic mass is 32.1. The first-order chi connectivity index (χ1) is 14.8. The maximum absolute atomic E-state index is 12.4. The molecule has 0 bridgehead atoms. The third-order valence-corrected chi connectivity index (χ3v) is 5.67. The zero-order valence-electron chi connectivity index (χ0n) is 15.9. The Morgan fingerprint density at radius 2 is 2.13 bits per heavy atom. The molecule has 0 saturated carbocycles. The number of amides is 1. The summed E-state index contributed by atoms with van der Waals surface area (Å²) in [4.78, 5) is 34.0. The molecule has 1 atom stereocenters. The lowest BCUT2D eigenvalue weighted by Gasteiger charge is -2.14. The van der Waals surface area contributed by atoms with Crippen LogP contribution in [0.5, 0.6) is 0 Å². The van der Waals surface area contributed by atoms with Crippen LogP contribution in [0.4, 0.5) is 11.6 Å². The average Bonchev–Trinajstić information content (AvgIpc) is 3.46. The quantitative estimate of drug-likeness (QED) is 0.453. The molecule has 0 spiro atoms. The summed E-state index contributed by atoms with van der Waals surface area (Å²) >= 11 is 1.62. The van der Waals surface area contributed by atoms with Gasteiger partial charge in [0.2, 0.25) is 0 Å². The Morgan fingerprint density at radius 1 is 1.17 bits per heavy atom. The highest BCUT2D eigenvalue weighted by Crippen LogP contribution is 2.30. The van der Waals surface area contributed by atoms with E-state index in [0.29, 0.717) is 17.7 Å². The summed E-state index contributed by atoms with van der Waals surface area (Å²) in [6.07, 6.45) is 7.07. The summed E-state index contributed by atoms with van der Waals surface area (Å²) in [5.74, 6) is 1.43. The van der Waals surface area contributed by atoms with Crippen LogP contribution in [-0.4, -0.2) is 50.0 Å². The lowest BCUT2D eigenvalue weighted by atomic mass is 10.2. The predicted octanol–water partition coefficient (Wildman–Crippen LogP) is 2.57. The lowest BCUT2D eigenvalue weighted by Crippen LogP contribution is -2.22. The molecule has 1 aliphatic rings. The van der Waals surface area contributed by atoms with Gasteiger partial charge in [0.05, 0.1) is 16.4 Å². The molecule has 1 saturated heterocycles. The number of carbonyl (C=O) groups excluding carboxylic acids is 1. The number of thiophene rings is 1. The first kappa shape index (κ1) is 18.5. The maximum atomic E-state index is 12.4. The number of fused-ring (bicyclic) bond motifs is 1. The van der Waals surface area contributed by atoms with Gasteiger partial charge >= 0.3 is 0 Å². The van der Waals surface area contributed by atoms with Gasteiger partial charge in [-0.25, -0.2) is 19.9 Å². The highest BCUT2D eigenvalue weighted by molar-refractivity contribution is 7.17. The van der Waals surface area contributed by atoms with Crippen molar-refractivity contribution in [1.82, 2.24) is 30.2 Å². The van der Waals surface area contributed by atoms with Crippen molar-refractivity contribution in [2.24, 2.45) is 0 Å². The van der Waals surface area contributed by atoms with E-state index in [0.717, 1.165) is 41.1 Å². The Hall–Kier alpha value is -3.50. The van der Waals surface area contributed by atoms with Crippen molar-refractivity contribution in [2.45, 2.75) is 12.5 Å². The summed E-state index contributed by atoms with van der Waals surface area (Å²) in [5, 5.41) is 11.7. The van der Waals surface area contributed by atoms with Crippen LogP contribution >= 0.6 is 11.3 Å². The maximum Gasteiger partial charge on any atom is 0.277 e. The summed E-state index contributed by atoms with van der Waals surface area (Å²) in [7, 11) is 0. The molecule has 1 aliphatic heterocycles. The largest absolute Gasteiger partial charge is 0.365 e. The minimum absolute atomic E-state index is 0.220. The van der Waals surface area contributed by atoms with Crippen molar-refractivity contribution >= 4 is 39.1 Å². The van der Waals surface area contributed by atoms with Crippen LogP contribution in [0, 0.1) is 0 Å². The molecule has 1 fully saturated rings. The number of rotatable bonds is 5. The number of hydrogen-bond acceptors (Lipinski definition) is 9. The summed E-state index contributed by atoms with van der Waals surface area (Å²) in [6.45, 7) is 1.92. The van der Waals surface area contributed by atoms with Gasteiger partial charge in [0.25, 0.3) is 5.91 Å². The molecule has 4 aromatic heterocycles. The third-order valence-electron chi connectivity index (χ3n) is 4.76. The molecular formula is C20H18N8OS. The third kappa shape index (κ3) is 3.82. The molecule has 0 aliphatic carbocycles. The van der Waals surface area contributed by atoms with Crippen molar-refractivity contribution in [3.8, 4) is 11.4 Å². The molecule has 5 rings (SSSR count). The number of nitrogens with zero attached hydrogens (tertiary/aromatic N) is 5. The fourth-order valence-electron chi connectivity index (χ4n) is 3.30. The van der Waals surface area contributed by atoms with Gasteiger partial charge in [-0.05, 0) is 36.5 Å². The average molecular weight is 418 g/mol. The molecule has 30 heavy (non-hydrogen) atoms. The second kappa shape index (κ2) is 8.09. The Kier molecular flexibility index (Phi) is 4.99. The van der Waals surface area contributed by atoms with Gasteiger partial charge in [-0.15, -0.1) is 11.3 Å². The molecule has 10 heteroatoms. The van der Waals surface area contributed by atoms with Crippen LogP contribution in [0.15, 0.2) is 48.4 Å². The standard InChI is InChI=1S/C20H18N8OS/c29-20(15-11-22-6-7-23-15)27-16-9-12(1-5-24-16)18-26-14-3-8-30-17(14)19(28-18)25-13-2-4-21-10-13/h1,3,5-9,11,13,21H,2,4,10H2,(H,24,27,29)(H,25,26,28). The number of pyridine rings is 1. The molecule has 3 N–H and O–H groups in total. The van der Waals surface area contributed by atoms with Gasteiger partial charge < -0.3 is 16.0 Å². The Balaban J connectivity index is 1.45. The second-order valence-corrected chi connectivity index (χ2v) is 7.76. The van der Waals surface area contributed by atoms with Crippen LogP contribution in [0.2, 0.25) is 0 Å². The van der Waals surface area contributed by atoms with Crippen LogP contribution in [0.3, 0.4) is 0 Å². The van der Waals surface area contributed by atoms with Crippen LogP contribution in [0.25, 0.3) is 21.6 Å². The smallest absolute Gasteiger partial charge is 0.277 e. The summed E-state index contributed by atoms with van der Waals surface area (Å²) in [6, 6.07) is 5.91. The van der Waals surface area contributed by atoms with E-state index in [4.69, 9.17) is 9.97 Å². The highest BCUT2D eigenvalue weighted by Gasteiger charge is 2.18. The van der Waals surface area contributed by atoms with E-state index in [2.05, 4.69) is 30.9 Å². The zero-order chi connectivity index (χ0) is 20.3. The van der Waals surface area contributed by atoms with Gasteiger partial charge in [0, 0.05) is 36.7 Å². The van der Waals surface area contributed by atoms with E-state index in [9.17, 15) is 4.79 Å². The minimum Gasteiger partial charge on any atom is -0.365 e. The number of nitrogens with one attached hydrogen (secondary N) is 3. The monoisotopic (exact) mass is 418 g/mol. The van der Waals surface area contributed by atoms with E-state index >= 15 is 0 Å². The Morgan fingerprint density at radius 3 is 2.97 bits per heavy atom. The predicted molar refractivity (Wildman–Crippen MR) is 116 cm³/mol. The van der Waals surface area contributed by atoms with Crippen molar-refractivity contribution in [1.29, 1.82) is 0 Å². The molecule has 0 aromatic carbocycles. The molecule has 150 valence electrons. The van der Waals surface area contributed by atoms with Crippen LogP contribution < -0.4 is 16.0 Å². The van der Waals surface area contributed by atoms with Gasteiger partial charge in [0.15, 0.2) is 5.82 Å². The lowest BCUT2D eigenvalue weighted by molar-refractivity contribution is 0.102. The Bertz CT molecular complexity index is 1190. The molecule has 4 aromatic rings. The molecular weight excluding hydrogens is 400 g/mol. The van der Waals surface area contributed by atoms with Crippen molar-refractivity contribution in [3.63, 3.8) is 0 Å². The summed E-state index contributed by atoms with van der Waals surface area (Å²) < 4.78 is 1.04. The van der Waals surface area contributed by atoms with Gasteiger partial charge in [-0.1, -0.05) is 0 Å². The molecule has 9 nitrogen and oxygen atoms in total. The van der Waals surface area contributed by atoms with Crippen LogP contribution in [-0.2, 0) is 0 Å². The van der Waals surface area contributed by atoms with E-state index in [1.54, 1.807) is 23.6 Å². The van der Waals surface area contributed by atoms with Gasteiger partial charge in [-0.3, -0.25) is 9.78 Å². The minimum atomic E-state index is -0.377. The van der Waals surface area contributed by atoms with Gasteiger partial charge in [0.1, 0.15) is 17.3 Å². The number of carbonyl (C=O) groups is 1. The fourth-order valence-corrected chi connectivity index (χ4v) is 4.08. The molecule has 1 unspecified atom stereocenters. The van der Waals surface area contributed by atoms with E-state index in [-0.39, 0.29) is 11.6 Å². The topological polar surface area (TPSA) is 118 Å². The van der Waals surface area contributed by atoms with Crippen molar-refractivity contribution < 1.29 is 4.79 Å². The first-order valence-corrected chi connectivity index (χ1v) is 10.4. The normalized spacial score (nSPS) is 15.9. The van der Waals surface area contributed by atoms with Crippen molar-refractivity contribution in [3.05, 3.63) is 54.1 Å². The van der Waals surface area contributed by atoms with Crippen molar-refractivity contribution in [2.75, 3.05) is 23.7 Å². The molecule has 5 heterocycles.